The lowest BCUT2D eigenvalue weighted by molar-refractivity contribution is -0.137. The Morgan fingerprint density at radius 3 is 2.77 bits per heavy atom. The summed E-state index contributed by atoms with van der Waals surface area (Å²) in [5, 5.41) is 18.3. The number of hydrogen-bond acceptors (Lipinski definition) is 5. The van der Waals surface area contributed by atoms with E-state index in [2.05, 4.69) is 40.2 Å². The molecular formula is C24H24N2O5. The molecule has 0 saturated carbocycles. The molecule has 0 amide bonds. The Bertz CT molecular complexity index is 1050. The van der Waals surface area contributed by atoms with Gasteiger partial charge in [0.05, 0.1) is 12.2 Å². The fraction of sp³-hybridized carbons (Fsp3) is 0.292. The highest BCUT2D eigenvalue weighted by Crippen LogP contribution is 2.36. The monoisotopic (exact) mass is 420 g/mol. The quantitative estimate of drug-likeness (QED) is 0.665. The number of ether oxygens (including phenoxy) is 1. The summed E-state index contributed by atoms with van der Waals surface area (Å²) in [7, 11) is 0. The largest absolute Gasteiger partial charge is 0.478 e. The van der Waals surface area contributed by atoms with Crippen LogP contribution < -0.4 is 0 Å². The van der Waals surface area contributed by atoms with Crippen molar-refractivity contribution in [3.8, 4) is 11.1 Å². The number of carboxylic acid groups (broad SMARTS) is 2. The fourth-order valence-corrected chi connectivity index (χ4v) is 4.27. The van der Waals surface area contributed by atoms with Gasteiger partial charge in [0, 0.05) is 43.7 Å². The Labute approximate surface area is 180 Å². The number of rotatable bonds is 7. The predicted molar refractivity (Wildman–Crippen MR) is 116 cm³/mol. The molecule has 4 rings (SSSR count). The molecule has 1 atom stereocenters. The van der Waals surface area contributed by atoms with Crippen molar-refractivity contribution in [2.45, 2.75) is 18.9 Å². The van der Waals surface area contributed by atoms with Crippen LogP contribution in [-0.2, 0) is 20.7 Å². The van der Waals surface area contributed by atoms with Crippen LogP contribution in [0.25, 0.3) is 16.7 Å². The maximum absolute atomic E-state index is 11.5. The molecule has 1 saturated heterocycles. The van der Waals surface area contributed by atoms with Crippen LogP contribution in [0.1, 0.15) is 17.5 Å². The van der Waals surface area contributed by atoms with Crippen molar-refractivity contribution < 1.29 is 24.5 Å². The smallest absolute Gasteiger partial charge is 0.334 e. The van der Waals surface area contributed by atoms with Crippen molar-refractivity contribution in [1.29, 1.82) is 0 Å². The van der Waals surface area contributed by atoms with Gasteiger partial charge in [-0.3, -0.25) is 9.88 Å². The Morgan fingerprint density at radius 1 is 1.19 bits per heavy atom. The van der Waals surface area contributed by atoms with E-state index in [-0.39, 0.29) is 5.57 Å². The Morgan fingerprint density at radius 2 is 2.03 bits per heavy atom. The zero-order valence-electron chi connectivity index (χ0n) is 17.0. The predicted octanol–water partition coefficient (Wildman–Crippen LogP) is 2.87. The Kier molecular flexibility index (Phi) is 6.25. The summed E-state index contributed by atoms with van der Waals surface area (Å²) in [4.78, 5) is 28.8. The van der Waals surface area contributed by atoms with Crippen LogP contribution in [-0.4, -0.2) is 64.4 Å². The number of carboxylic acids is 2. The van der Waals surface area contributed by atoms with E-state index in [9.17, 15) is 14.7 Å². The summed E-state index contributed by atoms with van der Waals surface area (Å²) >= 11 is 0. The summed E-state index contributed by atoms with van der Waals surface area (Å²) in [6.07, 6.45) is 7.61. The summed E-state index contributed by atoms with van der Waals surface area (Å²) in [6, 6.07) is 10.4. The van der Waals surface area contributed by atoms with Crippen LogP contribution in [0.3, 0.4) is 0 Å². The first-order valence-electron chi connectivity index (χ1n) is 10.3. The lowest BCUT2D eigenvalue weighted by Crippen LogP contribution is -2.44. The molecule has 1 aromatic carbocycles. The molecule has 2 aliphatic rings. The van der Waals surface area contributed by atoms with E-state index in [4.69, 9.17) is 9.84 Å². The molecule has 1 fully saturated rings. The van der Waals surface area contributed by atoms with Gasteiger partial charge in [-0.15, -0.1) is 0 Å². The highest BCUT2D eigenvalue weighted by molar-refractivity contribution is 5.95. The SMILES string of the molecule is O=C(O)C=C(C(=O)O)C1CN(CCC2=CCc3c2cccc3-c2cccnc2)CCO1. The number of morpholine rings is 1. The van der Waals surface area contributed by atoms with Gasteiger partial charge in [0.1, 0.15) is 6.10 Å². The average Bonchev–Trinajstić information content (AvgIpc) is 3.20. The molecule has 1 unspecified atom stereocenters. The molecule has 1 aromatic heterocycles. The van der Waals surface area contributed by atoms with Crippen LogP contribution in [0.5, 0.6) is 0 Å². The minimum absolute atomic E-state index is 0.219. The van der Waals surface area contributed by atoms with Crippen molar-refractivity contribution >= 4 is 17.5 Å². The van der Waals surface area contributed by atoms with E-state index in [0.717, 1.165) is 31.0 Å². The van der Waals surface area contributed by atoms with E-state index in [1.54, 1.807) is 6.20 Å². The number of aliphatic carboxylic acids is 2. The van der Waals surface area contributed by atoms with Crippen LogP contribution in [0.15, 0.2) is 60.5 Å². The van der Waals surface area contributed by atoms with Crippen molar-refractivity contribution in [3.63, 3.8) is 0 Å². The maximum Gasteiger partial charge on any atom is 0.334 e. The number of fused-ring (bicyclic) bond motifs is 1. The normalized spacial score (nSPS) is 19.0. The molecule has 1 aliphatic heterocycles. The third-order valence-electron chi connectivity index (χ3n) is 5.77. The number of hydrogen-bond donors (Lipinski definition) is 2. The molecule has 2 heterocycles. The Balaban J connectivity index is 1.43. The first-order chi connectivity index (χ1) is 15.0. The minimum Gasteiger partial charge on any atom is -0.478 e. The summed E-state index contributed by atoms with van der Waals surface area (Å²) in [5.41, 5.74) is 5.93. The molecular weight excluding hydrogens is 396 g/mol. The molecule has 7 heteroatoms. The van der Waals surface area contributed by atoms with Gasteiger partial charge in [-0.05, 0) is 41.2 Å². The lowest BCUT2D eigenvalue weighted by atomic mass is 9.95. The summed E-state index contributed by atoms with van der Waals surface area (Å²) in [6.45, 7) is 2.17. The fourth-order valence-electron chi connectivity index (χ4n) is 4.27. The highest BCUT2D eigenvalue weighted by Gasteiger charge is 2.28. The number of allylic oxidation sites excluding steroid dienone is 1. The molecule has 7 nitrogen and oxygen atoms in total. The van der Waals surface area contributed by atoms with Crippen molar-refractivity contribution in [2.24, 2.45) is 0 Å². The zero-order valence-corrected chi connectivity index (χ0v) is 17.0. The third kappa shape index (κ3) is 4.73. The maximum atomic E-state index is 11.5. The topological polar surface area (TPSA) is 100.0 Å². The lowest BCUT2D eigenvalue weighted by Gasteiger charge is -2.33. The van der Waals surface area contributed by atoms with E-state index in [0.29, 0.717) is 19.7 Å². The second kappa shape index (κ2) is 9.24. The molecule has 31 heavy (non-hydrogen) atoms. The van der Waals surface area contributed by atoms with E-state index >= 15 is 0 Å². The van der Waals surface area contributed by atoms with Gasteiger partial charge in [0.15, 0.2) is 0 Å². The summed E-state index contributed by atoms with van der Waals surface area (Å²) < 4.78 is 5.55. The van der Waals surface area contributed by atoms with Crippen LogP contribution in [0.4, 0.5) is 0 Å². The number of aromatic nitrogens is 1. The van der Waals surface area contributed by atoms with Crippen LogP contribution >= 0.6 is 0 Å². The molecule has 0 spiro atoms. The standard InChI is InChI=1S/C24H24N2O5/c27-23(28)13-21(24(29)30)22-15-26(11-12-31-22)10-8-16-6-7-20-18(16)4-1-5-19(20)17-3-2-9-25-14-17/h1-6,9,13-14,22H,7-8,10-12,15H2,(H,27,28)(H,29,30). The molecule has 0 radical (unpaired) electrons. The number of carbonyl (C=O) groups is 2. The first-order valence-corrected chi connectivity index (χ1v) is 10.3. The number of nitrogens with zero attached hydrogens (tertiary/aromatic N) is 2. The van der Waals surface area contributed by atoms with Crippen LogP contribution in [0.2, 0.25) is 0 Å². The van der Waals surface area contributed by atoms with Crippen molar-refractivity contribution in [3.05, 3.63) is 71.6 Å². The van der Waals surface area contributed by atoms with E-state index < -0.39 is 18.0 Å². The molecule has 160 valence electrons. The second-order valence-electron chi connectivity index (χ2n) is 7.66. The molecule has 1 aliphatic carbocycles. The van der Waals surface area contributed by atoms with Crippen LogP contribution in [0, 0.1) is 0 Å². The molecule has 2 N–H and O–H groups in total. The van der Waals surface area contributed by atoms with Gasteiger partial charge in [-0.2, -0.15) is 0 Å². The van der Waals surface area contributed by atoms with Gasteiger partial charge >= 0.3 is 11.9 Å². The Hall–Kier alpha value is -3.29. The van der Waals surface area contributed by atoms with Gasteiger partial charge in [-0.1, -0.05) is 30.3 Å². The second-order valence-corrected chi connectivity index (χ2v) is 7.66. The number of pyridine rings is 1. The highest BCUT2D eigenvalue weighted by atomic mass is 16.5. The third-order valence-corrected chi connectivity index (χ3v) is 5.77. The van der Waals surface area contributed by atoms with E-state index in [1.807, 2.05) is 12.3 Å². The van der Waals surface area contributed by atoms with E-state index in [1.165, 1.54) is 22.3 Å². The van der Waals surface area contributed by atoms with Gasteiger partial charge in [0.25, 0.3) is 0 Å². The van der Waals surface area contributed by atoms with Crippen molar-refractivity contribution in [1.82, 2.24) is 9.88 Å². The van der Waals surface area contributed by atoms with Gasteiger partial charge < -0.3 is 14.9 Å². The zero-order chi connectivity index (χ0) is 21.8. The molecule has 2 aromatic rings. The summed E-state index contributed by atoms with van der Waals surface area (Å²) in [5.74, 6) is -2.54. The average molecular weight is 420 g/mol. The van der Waals surface area contributed by atoms with Crippen molar-refractivity contribution in [2.75, 3.05) is 26.2 Å². The number of benzene rings is 1. The van der Waals surface area contributed by atoms with Gasteiger partial charge in [-0.25, -0.2) is 9.59 Å². The first kappa shape index (κ1) is 21.0. The molecule has 0 bridgehead atoms. The minimum atomic E-state index is -1.28. The van der Waals surface area contributed by atoms with Gasteiger partial charge in [0.2, 0.25) is 0 Å².